The molecule has 0 bridgehead atoms. The molecule has 0 aliphatic heterocycles. The predicted molar refractivity (Wildman–Crippen MR) is 123 cm³/mol. The van der Waals surface area contributed by atoms with Crippen molar-refractivity contribution in [3.8, 4) is 22.5 Å². The number of nitrogens with zero attached hydrogens (tertiary/aromatic N) is 4. The van der Waals surface area contributed by atoms with Gasteiger partial charge in [-0.25, -0.2) is 9.78 Å². The molecule has 8 heteroatoms. The highest BCUT2D eigenvalue weighted by Gasteiger charge is 2.20. The molecule has 160 valence electrons. The standard InChI is InChI=1S/C20H18N4S.C3H7NO2/c1-2-4-17(3-1)24-12-22-23-20(24)15-7-5-14(6-8-15)16-9-10-18-19(11-16)25-13-21-18;1-2-4-3(5)6/h5-13,17H,1-4H2;4H,2H2,1H3,(H,5,6). The SMILES string of the molecule is CCNC(=O)O.c1nc2ccc(-c3ccc(-c4nncn4C4CCCC4)cc3)cc2s1. The van der Waals surface area contributed by atoms with E-state index < -0.39 is 6.09 Å². The Labute approximate surface area is 184 Å². The number of amides is 1. The summed E-state index contributed by atoms with van der Waals surface area (Å²) < 4.78 is 3.48. The monoisotopic (exact) mass is 435 g/mol. The van der Waals surface area contributed by atoms with Crippen molar-refractivity contribution in [2.45, 2.75) is 38.6 Å². The van der Waals surface area contributed by atoms with Gasteiger partial charge in [-0.2, -0.15) is 0 Å². The van der Waals surface area contributed by atoms with E-state index in [-0.39, 0.29) is 0 Å². The smallest absolute Gasteiger partial charge is 0.404 e. The molecule has 1 aliphatic carbocycles. The summed E-state index contributed by atoms with van der Waals surface area (Å²) in [5.41, 5.74) is 6.53. The van der Waals surface area contributed by atoms with Crippen LogP contribution in [-0.2, 0) is 0 Å². The number of carbonyl (C=O) groups is 1. The lowest BCUT2D eigenvalue weighted by molar-refractivity contribution is 0.195. The van der Waals surface area contributed by atoms with E-state index in [1.54, 1.807) is 18.3 Å². The van der Waals surface area contributed by atoms with Crippen LogP contribution in [0.4, 0.5) is 4.79 Å². The summed E-state index contributed by atoms with van der Waals surface area (Å²) in [4.78, 5) is 13.8. The minimum Gasteiger partial charge on any atom is -0.465 e. The van der Waals surface area contributed by atoms with E-state index >= 15 is 0 Å². The van der Waals surface area contributed by atoms with Gasteiger partial charge in [-0.1, -0.05) is 43.2 Å². The van der Waals surface area contributed by atoms with E-state index in [2.05, 4.69) is 67.5 Å². The van der Waals surface area contributed by atoms with Gasteiger partial charge in [0.05, 0.1) is 15.7 Å². The molecule has 0 atom stereocenters. The molecule has 0 saturated heterocycles. The van der Waals surface area contributed by atoms with Crippen molar-refractivity contribution in [1.29, 1.82) is 0 Å². The highest BCUT2D eigenvalue weighted by atomic mass is 32.1. The van der Waals surface area contributed by atoms with Crippen LogP contribution in [0.3, 0.4) is 0 Å². The molecule has 0 radical (unpaired) electrons. The Morgan fingerprint density at radius 2 is 1.84 bits per heavy atom. The zero-order chi connectivity index (χ0) is 21.6. The summed E-state index contributed by atoms with van der Waals surface area (Å²) in [5.74, 6) is 0.983. The third kappa shape index (κ3) is 4.91. The van der Waals surface area contributed by atoms with Crippen LogP contribution in [0.5, 0.6) is 0 Å². The molecular weight excluding hydrogens is 410 g/mol. The normalized spacial score (nSPS) is 13.7. The zero-order valence-corrected chi connectivity index (χ0v) is 18.2. The Bertz CT molecular complexity index is 1150. The Hall–Kier alpha value is -3.26. The maximum absolute atomic E-state index is 9.49. The fourth-order valence-electron chi connectivity index (χ4n) is 3.90. The van der Waals surface area contributed by atoms with Crippen LogP contribution in [0.15, 0.2) is 54.3 Å². The lowest BCUT2D eigenvalue weighted by Crippen LogP contribution is -2.19. The molecule has 0 unspecified atom stereocenters. The number of carboxylic acid groups (broad SMARTS) is 1. The number of nitrogens with one attached hydrogen (secondary N) is 1. The first-order valence-electron chi connectivity index (χ1n) is 10.5. The average molecular weight is 436 g/mol. The first kappa shape index (κ1) is 21.0. The molecule has 1 amide bonds. The van der Waals surface area contributed by atoms with Gasteiger partial charge in [0.15, 0.2) is 5.82 Å². The molecule has 2 N–H and O–H groups in total. The van der Waals surface area contributed by atoms with E-state index in [4.69, 9.17) is 5.11 Å². The summed E-state index contributed by atoms with van der Waals surface area (Å²) in [7, 11) is 0. The molecule has 7 nitrogen and oxygen atoms in total. The van der Waals surface area contributed by atoms with Gasteiger partial charge in [0, 0.05) is 18.2 Å². The lowest BCUT2D eigenvalue weighted by atomic mass is 10.0. The van der Waals surface area contributed by atoms with Crippen molar-refractivity contribution < 1.29 is 9.90 Å². The Morgan fingerprint density at radius 3 is 2.52 bits per heavy atom. The quantitative estimate of drug-likeness (QED) is 0.434. The number of aromatic nitrogens is 4. The largest absolute Gasteiger partial charge is 0.465 e. The molecule has 4 aromatic rings. The van der Waals surface area contributed by atoms with Crippen molar-refractivity contribution in [2.75, 3.05) is 6.54 Å². The van der Waals surface area contributed by atoms with E-state index in [0.717, 1.165) is 16.9 Å². The van der Waals surface area contributed by atoms with E-state index in [1.165, 1.54) is 41.5 Å². The van der Waals surface area contributed by atoms with Gasteiger partial charge in [0.25, 0.3) is 0 Å². The van der Waals surface area contributed by atoms with Gasteiger partial charge in [-0.3, -0.25) is 0 Å². The third-order valence-corrected chi connectivity index (χ3v) is 6.22. The molecule has 2 aromatic carbocycles. The lowest BCUT2D eigenvalue weighted by Gasteiger charge is -2.13. The fraction of sp³-hybridized carbons (Fsp3) is 0.304. The Kier molecular flexibility index (Phi) is 6.57. The first-order chi connectivity index (χ1) is 15.2. The van der Waals surface area contributed by atoms with Gasteiger partial charge in [0.2, 0.25) is 0 Å². The van der Waals surface area contributed by atoms with Crippen molar-refractivity contribution in [2.24, 2.45) is 0 Å². The Morgan fingerprint density at radius 1 is 1.13 bits per heavy atom. The van der Waals surface area contributed by atoms with Crippen LogP contribution < -0.4 is 5.32 Å². The molecule has 2 aromatic heterocycles. The van der Waals surface area contributed by atoms with Crippen LogP contribution in [0.2, 0.25) is 0 Å². The minimum absolute atomic E-state index is 0.481. The van der Waals surface area contributed by atoms with Gasteiger partial charge < -0.3 is 15.0 Å². The molecule has 2 heterocycles. The predicted octanol–water partition coefficient (Wildman–Crippen LogP) is 5.61. The van der Waals surface area contributed by atoms with Crippen LogP contribution in [-0.4, -0.2) is 37.5 Å². The van der Waals surface area contributed by atoms with E-state index in [9.17, 15) is 4.79 Å². The highest BCUT2D eigenvalue weighted by molar-refractivity contribution is 7.16. The fourth-order valence-corrected chi connectivity index (χ4v) is 4.61. The molecule has 0 spiro atoms. The molecule has 31 heavy (non-hydrogen) atoms. The second kappa shape index (κ2) is 9.70. The van der Waals surface area contributed by atoms with Gasteiger partial charge in [-0.05, 0) is 43.0 Å². The molecular formula is C23H25N5O2S. The number of benzene rings is 2. The van der Waals surface area contributed by atoms with Crippen LogP contribution in [0.1, 0.15) is 38.6 Å². The van der Waals surface area contributed by atoms with Crippen molar-refractivity contribution >= 4 is 27.6 Å². The number of thiazole rings is 1. The van der Waals surface area contributed by atoms with Crippen molar-refractivity contribution in [1.82, 2.24) is 25.1 Å². The Balaban J connectivity index is 0.000000342. The summed E-state index contributed by atoms with van der Waals surface area (Å²) in [5, 5.41) is 18.5. The van der Waals surface area contributed by atoms with Crippen molar-refractivity contribution in [3.63, 3.8) is 0 Å². The van der Waals surface area contributed by atoms with Crippen LogP contribution in [0.25, 0.3) is 32.7 Å². The summed E-state index contributed by atoms with van der Waals surface area (Å²) >= 11 is 1.68. The highest BCUT2D eigenvalue weighted by Crippen LogP contribution is 2.33. The number of hydrogen-bond donors (Lipinski definition) is 2. The third-order valence-electron chi connectivity index (χ3n) is 5.43. The average Bonchev–Trinajstić information content (AvgIpc) is 3.55. The number of rotatable bonds is 4. The second-order valence-corrected chi connectivity index (χ2v) is 8.33. The van der Waals surface area contributed by atoms with Gasteiger partial charge in [-0.15, -0.1) is 21.5 Å². The summed E-state index contributed by atoms with van der Waals surface area (Å²) in [6.07, 6.45) is 6.01. The summed E-state index contributed by atoms with van der Waals surface area (Å²) in [6.45, 7) is 2.21. The maximum Gasteiger partial charge on any atom is 0.404 e. The molecule has 1 fully saturated rings. The number of hydrogen-bond acceptors (Lipinski definition) is 5. The number of fused-ring (bicyclic) bond motifs is 1. The second-order valence-electron chi connectivity index (χ2n) is 7.45. The molecule has 1 saturated carbocycles. The van der Waals surface area contributed by atoms with Crippen LogP contribution >= 0.6 is 11.3 Å². The molecule has 1 aliphatic rings. The zero-order valence-electron chi connectivity index (χ0n) is 17.4. The minimum atomic E-state index is -0.961. The van der Waals surface area contributed by atoms with Crippen LogP contribution in [0, 0.1) is 0 Å². The van der Waals surface area contributed by atoms with Gasteiger partial charge in [0.1, 0.15) is 6.33 Å². The van der Waals surface area contributed by atoms with Crippen molar-refractivity contribution in [3.05, 3.63) is 54.3 Å². The van der Waals surface area contributed by atoms with E-state index in [0.29, 0.717) is 12.6 Å². The summed E-state index contributed by atoms with van der Waals surface area (Å²) in [6, 6.07) is 15.6. The van der Waals surface area contributed by atoms with E-state index in [1.807, 2.05) is 11.8 Å². The first-order valence-corrected chi connectivity index (χ1v) is 11.3. The molecule has 5 rings (SSSR count). The van der Waals surface area contributed by atoms with Gasteiger partial charge >= 0.3 is 6.09 Å². The topological polar surface area (TPSA) is 92.9 Å². The maximum atomic E-state index is 9.49.